The molecule has 0 amide bonds. The lowest BCUT2D eigenvalue weighted by atomic mass is 10.4. The van der Waals surface area contributed by atoms with Crippen molar-refractivity contribution in [3.8, 4) is 5.95 Å². The van der Waals surface area contributed by atoms with Gasteiger partial charge in [0.25, 0.3) is 18.2 Å². The second kappa shape index (κ2) is 4.44. The lowest BCUT2D eigenvalue weighted by Crippen LogP contribution is -2.16. The summed E-state index contributed by atoms with van der Waals surface area (Å²) in [6.45, 7) is 3.78. The topological polar surface area (TPSA) is 131 Å². The molecule has 0 atom stereocenters. The zero-order chi connectivity index (χ0) is 13.2. The van der Waals surface area contributed by atoms with Gasteiger partial charge in [-0.3, -0.25) is 0 Å². The van der Waals surface area contributed by atoms with Crippen LogP contribution in [0.1, 0.15) is 11.4 Å². The van der Waals surface area contributed by atoms with Gasteiger partial charge in [-0.1, -0.05) is 0 Å². The van der Waals surface area contributed by atoms with E-state index in [2.05, 4.69) is 51.5 Å². The number of aryl methyl sites for hydroxylation is 2. The minimum absolute atomic E-state index is 0.190. The first-order valence-corrected chi connectivity index (χ1v) is 5.40. The van der Waals surface area contributed by atoms with Crippen molar-refractivity contribution in [3.63, 3.8) is 0 Å². The summed E-state index contributed by atoms with van der Waals surface area (Å²) in [4.78, 5) is 0. The summed E-state index contributed by atoms with van der Waals surface area (Å²) in [6.07, 6.45) is -0.622. The fraction of sp³-hybridized carbons (Fsp3) is 0.375. The molecule has 11 heteroatoms. The lowest BCUT2D eigenvalue weighted by molar-refractivity contribution is 0.697. The Bertz CT molecular complexity index is 627. The van der Waals surface area contributed by atoms with Crippen molar-refractivity contribution < 1.29 is 0 Å². The fourth-order valence-corrected chi connectivity index (χ4v) is 1.54. The Morgan fingerprint density at radius 2 is 1.74 bits per heavy atom. The number of hydrogen-bond acceptors (Lipinski definition) is 10. The number of anilines is 1. The molecule has 3 rings (SSSR count). The molecule has 2 aromatic rings. The van der Waals surface area contributed by atoms with E-state index in [-0.39, 0.29) is 5.95 Å². The number of nitrogens with zero attached hydrogens (tertiary/aromatic N) is 10. The summed E-state index contributed by atoms with van der Waals surface area (Å²) in [6, 6.07) is 1.91. The van der Waals surface area contributed by atoms with Crippen LogP contribution in [0.15, 0.2) is 26.7 Å². The van der Waals surface area contributed by atoms with Gasteiger partial charge in [-0.15, -0.1) is 30.6 Å². The summed E-state index contributed by atoms with van der Waals surface area (Å²) in [7, 11) is 0. The Balaban J connectivity index is 1.80. The Hall–Kier alpha value is -2.85. The van der Waals surface area contributed by atoms with E-state index in [1.54, 1.807) is 4.68 Å². The van der Waals surface area contributed by atoms with Gasteiger partial charge in [-0.05, 0) is 30.4 Å². The molecule has 1 N–H and O–H groups in total. The van der Waals surface area contributed by atoms with Crippen LogP contribution in [-0.2, 0) is 0 Å². The first kappa shape index (κ1) is 11.3. The molecular formula is C8H9N11. The van der Waals surface area contributed by atoms with Gasteiger partial charge in [-0.25, -0.2) is 4.68 Å². The molecule has 3 heterocycles. The van der Waals surface area contributed by atoms with Gasteiger partial charge in [-0.2, -0.15) is 5.10 Å². The third-order valence-corrected chi connectivity index (χ3v) is 2.29. The number of hydrogen-bond donors (Lipinski definition) is 1. The van der Waals surface area contributed by atoms with Crippen LogP contribution < -0.4 is 5.32 Å². The molecule has 19 heavy (non-hydrogen) atoms. The quantitative estimate of drug-likeness (QED) is 0.858. The van der Waals surface area contributed by atoms with Gasteiger partial charge < -0.3 is 5.32 Å². The summed E-state index contributed by atoms with van der Waals surface area (Å²) in [5, 5.41) is 36.6. The first-order valence-electron chi connectivity index (χ1n) is 5.40. The summed E-state index contributed by atoms with van der Waals surface area (Å²) < 4.78 is 1.56. The zero-order valence-corrected chi connectivity index (χ0v) is 10.1. The van der Waals surface area contributed by atoms with Crippen molar-refractivity contribution in [3.05, 3.63) is 17.5 Å². The monoisotopic (exact) mass is 259 g/mol. The summed E-state index contributed by atoms with van der Waals surface area (Å²) in [5.74, 6) is 0.487. The molecule has 0 fully saturated rings. The van der Waals surface area contributed by atoms with Gasteiger partial charge >= 0.3 is 0 Å². The highest BCUT2D eigenvalue weighted by Crippen LogP contribution is 2.08. The molecule has 96 valence electrons. The third-order valence-electron chi connectivity index (χ3n) is 2.29. The highest BCUT2D eigenvalue weighted by molar-refractivity contribution is 5.23. The van der Waals surface area contributed by atoms with Gasteiger partial charge in [0.05, 0.1) is 5.69 Å². The van der Waals surface area contributed by atoms with E-state index in [0.29, 0.717) is 5.95 Å². The molecular weight excluding hydrogens is 250 g/mol. The third kappa shape index (κ3) is 2.25. The molecule has 0 radical (unpaired) electrons. The fourth-order valence-electron chi connectivity index (χ4n) is 1.54. The SMILES string of the molecule is Cc1cc(C)n(-c2nnc(NC3N=NN=N3)nn2)n1. The van der Waals surface area contributed by atoms with Crippen LogP contribution in [0.3, 0.4) is 0 Å². The van der Waals surface area contributed by atoms with Gasteiger partial charge in [0.2, 0.25) is 0 Å². The Morgan fingerprint density at radius 3 is 2.32 bits per heavy atom. The maximum atomic E-state index is 4.24. The maximum Gasteiger partial charge on any atom is 0.289 e. The second-order valence-electron chi connectivity index (χ2n) is 3.79. The molecule has 0 saturated heterocycles. The average molecular weight is 259 g/mol. The van der Waals surface area contributed by atoms with Gasteiger partial charge in [0.1, 0.15) is 0 Å². The van der Waals surface area contributed by atoms with Crippen molar-refractivity contribution in [2.45, 2.75) is 20.1 Å². The van der Waals surface area contributed by atoms with Crippen molar-refractivity contribution in [1.82, 2.24) is 30.2 Å². The maximum absolute atomic E-state index is 4.24. The normalized spacial score (nSPS) is 14.2. The predicted molar refractivity (Wildman–Crippen MR) is 61.3 cm³/mol. The molecule has 0 spiro atoms. The van der Waals surface area contributed by atoms with Crippen LogP contribution in [0.2, 0.25) is 0 Å². The smallest absolute Gasteiger partial charge is 0.289 e. The van der Waals surface area contributed by atoms with Crippen molar-refractivity contribution in [2.75, 3.05) is 5.32 Å². The Kier molecular flexibility index (Phi) is 2.63. The Labute approximate surface area is 106 Å². The molecule has 0 aliphatic carbocycles. The Morgan fingerprint density at radius 1 is 1.05 bits per heavy atom. The highest BCUT2D eigenvalue weighted by Gasteiger charge is 2.12. The van der Waals surface area contributed by atoms with Gasteiger partial charge in [0.15, 0.2) is 0 Å². The molecule has 1 aliphatic rings. The van der Waals surface area contributed by atoms with Crippen LogP contribution in [0.5, 0.6) is 0 Å². The minimum Gasteiger partial charge on any atom is -0.309 e. The molecule has 0 saturated carbocycles. The average Bonchev–Trinajstić information content (AvgIpc) is 3.00. The lowest BCUT2D eigenvalue weighted by Gasteiger charge is -2.04. The zero-order valence-electron chi connectivity index (χ0n) is 10.1. The van der Waals surface area contributed by atoms with Crippen molar-refractivity contribution >= 4 is 5.95 Å². The summed E-state index contributed by atoms with van der Waals surface area (Å²) >= 11 is 0. The van der Waals surface area contributed by atoms with E-state index in [0.717, 1.165) is 11.4 Å². The van der Waals surface area contributed by atoms with E-state index in [1.165, 1.54) is 0 Å². The van der Waals surface area contributed by atoms with E-state index < -0.39 is 6.29 Å². The number of nitrogens with one attached hydrogen (secondary N) is 1. The van der Waals surface area contributed by atoms with Crippen LogP contribution in [0.25, 0.3) is 5.95 Å². The molecule has 2 aromatic heterocycles. The molecule has 1 aliphatic heterocycles. The van der Waals surface area contributed by atoms with Crippen LogP contribution in [0, 0.1) is 13.8 Å². The number of aromatic nitrogens is 6. The number of rotatable bonds is 3. The van der Waals surface area contributed by atoms with Crippen LogP contribution in [0.4, 0.5) is 5.95 Å². The molecule has 0 bridgehead atoms. The largest absolute Gasteiger partial charge is 0.309 e. The second-order valence-corrected chi connectivity index (χ2v) is 3.79. The van der Waals surface area contributed by atoms with E-state index in [9.17, 15) is 0 Å². The van der Waals surface area contributed by atoms with Crippen molar-refractivity contribution in [2.24, 2.45) is 20.7 Å². The van der Waals surface area contributed by atoms with Crippen LogP contribution >= 0.6 is 0 Å². The van der Waals surface area contributed by atoms with Crippen molar-refractivity contribution in [1.29, 1.82) is 0 Å². The van der Waals surface area contributed by atoms with Gasteiger partial charge in [0, 0.05) is 5.69 Å². The standard InChI is InChI=1S/C8H9N11/c1-4-3-5(2)19(16-4)8-14-10-6(11-15-8)9-7-12-17-18-13-7/h3,7H,1-2H3,(H,9,10,11). The van der Waals surface area contributed by atoms with E-state index in [1.807, 2.05) is 19.9 Å². The minimum atomic E-state index is -0.622. The van der Waals surface area contributed by atoms with Crippen LogP contribution in [-0.4, -0.2) is 36.5 Å². The first-order chi connectivity index (χ1) is 9.22. The molecule has 11 nitrogen and oxygen atoms in total. The molecule has 0 aromatic carbocycles. The van der Waals surface area contributed by atoms with E-state index in [4.69, 9.17) is 0 Å². The predicted octanol–water partition coefficient (Wildman–Crippen LogP) is 0.598. The van der Waals surface area contributed by atoms with E-state index >= 15 is 0 Å². The summed E-state index contributed by atoms with van der Waals surface area (Å²) in [5.41, 5.74) is 1.77. The molecule has 0 unspecified atom stereocenters. The highest BCUT2D eigenvalue weighted by atomic mass is 15.6.